The quantitative estimate of drug-likeness (QED) is 0.876. The number of halogens is 1. The summed E-state index contributed by atoms with van der Waals surface area (Å²) in [6, 6.07) is 4.03. The van der Waals surface area contributed by atoms with Crippen LogP contribution in [0.15, 0.2) is 15.9 Å². The van der Waals surface area contributed by atoms with Gasteiger partial charge in [0.15, 0.2) is 0 Å². The fourth-order valence-electron chi connectivity index (χ4n) is 1.50. The average Bonchev–Trinajstić information content (AvgIpc) is 2.71. The summed E-state index contributed by atoms with van der Waals surface area (Å²) in [6.45, 7) is 5.41. The molecule has 3 nitrogen and oxygen atoms in total. The van der Waals surface area contributed by atoms with Crippen molar-refractivity contribution in [1.82, 2.24) is 4.90 Å². The topological polar surface area (TPSA) is 46.3 Å². The van der Waals surface area contributed by atoms with Gasteiger partial charge in [0.1, 0.15) is 0 Å². The summed E-state index contributed by atoms with van der Waals surface area (Å²) in [5, 5.41) is 0. The summed E-state index contributed by atoms with van der Waals surface area (Å²) in [7, 11) is 0. The minimum absolute atomic E-state index is 0.0216. The first-order valence-corrected chi connectivity index (χ1v) is 7.45. The van der Waals surface area contributed by atoms with E-state index in [4.69, 9.17) is 5.73 Å². The molecule has 1 rings (SSSR count). The lowest BCUT2D eigenvalue weighted by atomic mass is 10.1. The molecule has 0 fully saturated rings. The first kappa shape index (κ1) is 14.7. The maximum Gasteiger partial charge on any atom is 0.224 e. The first-order chi connectivity index (χ1) is 8.06. The summed E-state index contributed by atoms with van der Waals surface area (Å²) in [4.78, 5) is 15.0. The van der Waals surface area contributed by atoms with Crippen molar-refractivity contribution in [2.75, 3.05) is 6.54 Å². The third kappa shape index (κ3) is 4.77. The van der Waals surface area contributed by atoms with Crippen molar-refractivity contribution in [3.8, 4) is 0 Å². The average molecular weight is 319 g/mol. The Labute approximate surface area is 115 Å². The van der Waals surface area contributed by atoms with Crippen molar-refractivity contribution in [3.63, 3.8) is 0 Å². The Kier molecular flexibility index (Phi) is 6.16. The van der Waals surface area contributed by atoms with E-state index in [1.165, 1.54) is 4.88 Å². The van der Waals surface area contributed by atoms with Crippen LogP contribution in [0.5, 0.6) is 0 Å². The maximum atomic E-state index is 12.0. The molecule has 0 aliphatic rings. The first-order valence-electron chi connectivity index (χ1n) is 5.84. The molecule has 0 saturated carbocycles. The second-order valence-corrected chi connectivity index (χ2v) is 6.53. The zero-order valence-corrected chi connectivity index (χ0v) is 12.7. The van der Waals surface area contributed by atoms with Crippen LogP contribution < -0.4 is 5.73 Å². The molecule has 1 amide bonds. The molecule has 0 bridgehead atoms. The zero-order chi connectivity index (χ0) is 12.8. The Morgan fingerprint density at radius 2 is 2.24 bits per heavy atom. The van der Waals surface area contributed by atoms with Gasteiger partial charge in [-0.05, 0) is 41.4 Å². The number of hydrogen-bond donors (Lipinski definition) is 1. The molecular formula is C12H19BrN2OS. The minimum atomic E-state index is -0.0216. The fraction of sp³-hybridized carbons (Fsp3) is 0.583. The van der Waals surface area contributed by atoms with E-state index in [1.54, 1.807) is 11.3 Å². The van der Waals surface area contributed by atoms with Gasteiger partial charge in [-0.15, -0.1) is 11.3 Å². The van der Waals surface area contributed by atoms with Crippen LogP contribution in [0.1, 0.15) is 31.6 Å². The number of amides is 1. The van der Waals surface area contributed by atoms with Gasteiger partial charge < -0.3 is 10.6 Å². The summed E-state index contributed by atoms with van der Waals surface area (Å²) >= 11 is 5.09. The molecule has 17 heavy (non-hydrogen) atoms. The molecule has 0 saturated heterocycles. The summed E-state index contributed by atoms with van der Waals surface area (Å²) < 4.78 is 1.10. The van der Waals surface area contributed by atoms with Gasteiger partial charge in [0.2, 0.25) is 5.91 Å². The lowest BCUT2D eigenvalue weighted by Crippen LogP contribution is -2.35. The number of carbonyl (C=O) groups excluding carboxylic acids is 1. The predicted molar refractivity (Wildman–Crippen MR) is 76.0 cm³/mol. The lowest BCUT2D eigenvalue weighted by Gasteiger charge is -2.21. The Bertz CT molecular complexity index is 367. The number of nitrogens with two attached hydrogens (primary N) is 1. The molecule has 0 radical (unpaired) electrons. The van der Waals surface area contributed by atoms with Gasteiger partial charge in [0.05, 0.1) is 10.3 Å². The molecule has 1 aromatic heterocycles. The third-order valence-corrected chi connectivity index (χ3v) is 4.28. The Balaban J connectivity index is 2.56. The van der Waals surface area contributed by atoms with Crippen LogP contribution in [-0.2, 0) is 11.3 Å². The zero-order valence-electron chi connectivity index (χ0n) is 10.3. The van der Waals surface area contributed by atoms with Crippen LogP contribution in [0.4, 0.5) is 0 Å². The van der Waals surface area contributed by atoms with Crippen molar-refractivity contribution in [2.45, 2.75) is 39.3 Å². The number of hydrogen-bond acceptors (Lipinski definition) is 3. The second-order valence-electron chi connectivity index (χ2n) is 3.99. The van der Waals surface area contributed by atoms with Crippen molar-refractivity contribution in [3.05, 3.63) is 20.8 Å². The summed E-state index contributed by atoms with van der Waals surface area (Å²) in [5.74, 6) is 0.145. The minimum Gasteiger partial charge on any atom is -0.338 e. The van der Waals surface area contributed by atoms with E-state index in [2.05, 4.69) is 15.9 Å². The lowest BCUT2D eigenvalue weighted by molar-refractivity contribution is -0.131. The van der Waals surface area contributed by atoms with Crippen LogP contribution in [0.3, 0.4) is 0 Å². The normalized spacial score (nSPS) is 12.5. The molecule has 0 aliphatic carbocycles. The van der Waals surface area contributed by atoms with E-state index < -0.39 is 0 Å². The van der Waals surface area contributed by atoms with Gasteiger partial charge in [-0.1, -0.05) is 6.92 Å². The Morgan fingerprint density at radius 1 is 1.53 bits per heavy atom. The molecule has 1 unspecified atom stereocenters. The van der Waals surface area contributed by atoms with Crippen molar-refractivity contribution in [2.24, 2.45) is 5.73 Å². The Morgan fingerprint density at radius 3 is 2.71 bits per heavy atom. The van der Waals surface area contributed by atoms with Crippen LogP contribution in [0, 0.1) is 0 Å². The second kappa shape index (κ2) is 7.13. The highest BCUT2D eigenvalue weighted by Gasteiger charge is 2.15. The van der Waals surface area contributed by atoms with E-state index in [-0.39, 0.29) is 11.9 Å². The van der Waals surface area contributed by atoms with Gasteiger partial charge in [0, 0.05) is 23.9 Å². The monoisotopic (exact) mass is 318 g/mol. The molecule has 5 heteroatoms. The van der Waals surface area contributed by atoms with Gasteiger partial charge in [-0.2, -0.15) is 0 Å². The van der Waals surface area contributed by atoms with E-state index >= 15 is 0 Å². The molecule has 96 valence electrons. The van der Waals surface area contributed by atoms with E-state index in [0.717, 1.165) is 16.8 Å². The molecule has 0 aliphatic heterocycles. The molecule has 0 spiro atoms. The van der Waals surface area contributed by atoms with E-state index in [9.17, 15) is 4.79 Å². The van der Waals surface area contributed by atoms with Crippen molar-refractivity contribution >= 4 is 33.2 Å². The van der Waals surface area contributed by atoms with Gasteiger partial charge >= 0.3 is 0 Å². The van der Waals surface area contributed by atoms with Crippen LogP contribution in [0.25, 0.3) is 0 Å². The van der Waals surface area contributed by atoms with Crippen LogP contribution >= 0.6 is 27.3 Å². The van der Waals surface area contributed by atoms with Gasteiger partial charge in [-0.25, -0.2) is 0 Å². The maximum absolute atomic E-state index is 12.0. The van der Waals surface area contributed by atoms with Crippen LogP contribution in [0.2, 0.25) is 0 Å². The van der Waals surface area contributed by atoms with E-state index in [1.807, 2.05) is 30.9 Å². The molecular weight excluding hydrogens is 300 g/mol. The number of thiophene rings is 1. The molecule has 1 atom stereocenters. The smallest absolute Gasteiger partial charge is 0.224 e. The highest BCUT2D eigenvalue weighted by atomic mass is 79.9. The standard InChI is InChI=1S/C12H19BrN2OS/c1-3-9(14)7-12(16)15(4-2)8-10-5-6-11(13)17-10/h5-6,9H,3-4,7-8,14H2,1-2H3. The fourth-order valence-corrected chi connectivity index (χ4v) is 3.00. The van der Waals surface area contributed by atoms with Gasteiger partial charge in [0.25, 0.3) is 0 Å². The number of carbonyl (C=O) groups is 1. The van der Waals surface area contributed by atoms with Gasteiger partial charge in [-0.3, -0.25) is 4.79 Å². The summed E-state index contributed by atoms with van der Waals surface area (Å²) in [5.41, 5.74) is 5.81. The number of rotatable bonds is 6. The molecule has 0 aromatic carbocycles. The summed E-state index contributed by atoms with van der Waals surface area (Å²) in [6.07, 6.45) is 1.28. The number of nitrogens with zero attached hydrogens (tertiary/aromatic N) is 1. The van der Waals surface area contributed by atoms with Crippen molar-refractivity contribution in [1.29, 1.82) is 0 Å². The van der Waals surface area contributed by atoms with Crippen molar-refractivity contribution < 1.29 is 4.79 Å². The molecule has 1 heterocycles. The molecule has 2 N–H and O–H groups in total. The van der Waals surface area contributed by atoms with E-state index in [0.29, 0.717) is 13.0 Å². The predicted octanol–water partition coefficient (Wildman–Crippen LogP) is 2.99. The molecule has 1 aromatic rings. The third-order valence-electron chi connectivity index (χ3n) is 2.67. The van der Waals surface area contributed by atoms with Crippen LogP contribution in [-0.4, -0.2) is 23.4 Å². The largest absolute Gasteiger partial charge is 0.338 e. The SMILES string of the molecule is CCC(N)CC(=O)N(CC)Cc1ccc(Br)s1. The highest BCUT2D eigenvalue weighted by molar-refractivity contribution is 9.11. The Hall–Kier alpha value is -0.390. The highest BCUT2D eigenvalue weighted by Crippen LogP contribution is 2.23.